The quantitative estimate of drug-likeness (QED) is 0.478. The smallest absolute Gasteiger partial charge is 0.361 e. The van der Waals surface area contributed by atoms with E-state index in [1.165, 1.54) is 0 Å². The van der Waals surface area contributed by atoms with E-state index in [0.29, 0.717) is 45.7 Å². The third-order valence-corrected chi connectivity index (χ3v) is 7.67. The van der Waals surface area contributed by atoms with Gasteiger partial charge in [-0.25, -0.2) is 13.4 Å². The van der Waals surface area contributed by atoms with Crippen molar-refractivity contribution in [3.63, 3.8) is 0 Å². The molecule has 4 rings (SSSR count). The highest BCUT2D eigenvalue weighted by Gasteiger charge is 2.51. The van der Waals surface area contributed by atoms with Crippen molar-refractivity contribution in [2.75, 3.05) is 11.4 Å². The Hall–Kier alpha value is -2.56. The van der Waals surface area contributed by atoms with E-state index < -0.39 is 28.1 Å². The number of fused-ring (bicyclic) bond motifs is 1. The average Bonchev–Trinajstić information content (AvgIpc) is 3.12. The van der Waals surface area contributed by atoms with Crippen molar-refractivity contribution in [2.45, 2.75) is 37.5 Å². The molecule has 1 aliphatic heterocycles. The Labute approximate surface area is 201 Å². The molecule has 2 aromatic carbocycles. The zero-order valence-corrected chi connectivity index (χ0v) is 20.0. The second-order valence-corrected chi connectivity index (χ2v) is 10.7. The Morgan fingerprint density at radius 1 is 1.15 bits per heavy atom. The topological polar surface area (TPSA) is 58.4 Å². The van der Waals surface area contributed by atoms with Crippen molar-refractivity contribution in [3.05, 3.63) is 82.9 Å². The molecule has 2 heterocycles. The van der Waals surface area contributed by atoms with E-state index in [1.807, 2.05) is 48.5 Å². The van der Waals surface area contributed by atoms with Crippen molar-refractivity contribution < 1.29 is 21.6 Å². The summed E-state index contributed by atoms with van der Waals surface area (Å²) in [5.74, 6) is 0. The first-order valence-electron chi connectivity index (χ1n) is 10.7. The van der Waals surface area contributed by atoms with Gasteiger partial charge in [0.1, 0.15) is 0 Å². The number of imidazole rings is 1. The molecule has 0 radical (unpaired) electrons. The van der Waals surface area contributed by atoms with Crippen LogP contribution in [-0.4, -0.2) is 40.4 Å². The number of halogens is 4. The maximum absolute atomic E-state index is 13.5. The van der Waals surface area contributed by atoms with Crippen LogP contribution in [-0.2, 0) is 36.6 Å². The minimum absolute atomic E-state index is 0.299. The molecule has 0 spiro atoms. The number of benzene rings is 2. The lowest BCUT2D eigenvalue weighted by molar-refractivity contribution is -0.0492. The molecule has 1 atom stereocenters. The van der Waals surface area contributed by atoms with Crippen LogP contribution in [0.3, 0.4) is 0 Å². The van der Waals surface area contributed by atoms with Gasteiger partial charge in [0.2, 0.25) is 0 Å². The van der Waals surface area contributed by atoms with Crippen LogP contribution in [0.2, 0.25) is 5.02 Å². The highest BCUT2D eigenvalue weighted by Crippen LogP contribution is 2.37. The van der Waals surface area contributed by atoms with E-state index in [0.717, 1.165) is 5.56 Å². The molecule has 0 saturated heterocycles. The third-order valence-electron chi connectivity index (χ3n) is 5.89. The molecule has 1 unspecified atom stereocenters. The summed E-state index contributed by atoms with van der Waals surface area (Å²) in [5, 5.41) is 0.415. The van der Waals surface area contributed by atoms with E-state index in [2.05, 4.69) is 4.98 Å². The Morgan fingerprint density at radius 2 is 1.88 bits per heavy atom. The summed E-state index contributed by atoms with van der Waals surface area (Å²) in [7, 11) is -3.70. The molecule has 0 bridgehead atoms. The first-order chi connectivity index (χ1) is 16.0. The van der Waals surface area contributed by atoms with Gasteiger partial charge in [0, 0.05) is 43.1 Å². The van der Waals surface area contributed by atoms with Gasteiger partial charge in [0.15, 0.2) is 0 Å². The largest absolute Gasteiger partial charge is 0.511 e. The van der Waals surface area contributed by atoms with Gasteiger partial charge in [-0.05, 0) is 36.1 Å². The number of sulfonamides is 1. The lowest BCUT2D eigenvalue weighted by Gasteiger charge is -2.34. The van der Waals surface area contributed by atoms with Gasteiger partial charge in [-0.3, -0.25) is 0 Å². The van der Waals surface area contributed by atoms with Gasteiger partial charge in [0.05, 0.1) is 18.6 Å². The fourth-order valence-electron chi connectivity index (χ4n) is 4.21. The summed E-state index contributed by atoms with van der Waals surface area (Å²) in [6.45, 7) is -0.406. The predicted octanol–water partition coefficient (Wildman–Crippen LogP) is 4.75. The SMILES string of the molecule is Cn1cnc(CN2c3cc(Cl)ccc3CN(S(=O)(=O)C(F)(F)F)CC2CCc2ccccc2)c1. The molecule has 11 heteroatoms. The Kier molecular flexibility index (Phi) is 6.93. The first-order valence-corrected chi connectivity index (χ1v) is 12.5. The van der Waals surface area contributed by atoms with E-state index in [-0.39, 0.29) is 6.54 Å². The summed E-state index contributed by atoms with van der Waals surface area (Å²) in [4.78, 5) is 6.30. The molecule has 1 aromatic heterocycles. The van der Waals surface area contributed by atoms with Crippen molar-refractivity contribution >= 4 is 27.3 Å². The minimum atomic E-state index is -5.53. The standard InChI is InChI=1S/C23H24ClF3N4O2S/c1-29-13-20(28-16-29)14-31-21(10-7-17-5-3-2-4-6-17)15-30(34(32,33)23(25,26)27)12-18-8-9-19(24)11-22(18)31/h2-6,8-9,11,13,16,21H,7,10,12,14-15H2,1H3. The molecule has 6 nitrogen and oxygen atoms in total. The van der Waals surface area contributed by atoms with E-state index >= 15 is 0 Å². The van der Waals surface area contributed by atoms with Crippen molar-refractivity contribution in [3.8, 4) is 0 Å². The molecule has 182 valence electrons. The highest BCUT2D eigenvalue weighted by atomic mass is 35.5. The zero-order valence-electron chi connectivity index (χ0n) is 18.4. The lowest BCUT2D eigenvalue weighted by Crippen LogP contribution is -2.47. The van der Waals surface area contributed by atoms with Crippen LogP contribution in [0.4, 0.5) is 18.9 Å². The monoisotopic (exact) mass is 512 g/mol. The zero-order chi connectivity index (χ0) is 24.5. The normalized spacial score (nSPS) is 17.4. The van der Waals surface area contributed by atoms with Gasteiger partial charge in [-0.1, -0.05) is 48.0 Å². The van der Waals surface area contributed by atoms with Gasteiger partial charge < -0.3 is 9.47 Å². The second kappa shape index (κ2) is 9.59. The number of anilines is 1. The molecular formula is C23H24ClF3N4O2S. The molecule has 34 heavy (non-hydrogen) atoms. The maximum atomic E-state index is 13.5. The number of alkyl halides is 3. The summed E-state index contributed by atoms with van der Waals surface area (Å²) in [6, 6.07) is 13.8. The van der Waals surface area contributed by atoms with Crippen LogP contribution in [0.1, 0.15) is 23.2 Å². The summed E-state index contributed by atoms with van der Waals surface area (Å²) in [5.41, 5.74) is -2.60. The van der Waals surface area contributed by atoms with Gasteiger partial charge in [-0.15, -0.1) is 0 Å². The van der Waals surface area contributed by atoms with Crippen LogP contribution in [0.25, 0.3) is 0 Å². The van der Waals surface area contributed by atoms with Crippen molar-refractivity contribution in [1.29, 1.82) is 0 Å². The average molecular weight is 513 g/mol. The van der Waals surface area contributed by atoms with Gasteiger partial charge in [0.25, 0.3) is 0 Å². The lowest BCUT2D eigenvalue weighted by atomic mass is 10.0. The van der Waals surface area contributed by atoms with E-state index in [1.54, 1.807) is 29.1 Å². The summed E-state index contributed by atoms with van der Waals surface area (Å²) in [6.07, 6.45) is 4.48. The van der Waals surface area contributed by atoms with Gasteiger partial charge in [-0.2, -0.15) is 17.5 Å². The number of aromatic nitrogens is 2. The first kappa shape index (κ1) is 24.6. The van der Waals surface area contributed by atoms with E-state index in [4.69, 9.17) is 11.6 Å². The molecule has 0 N–H and O–H groups in total. The fourth-order valence-corrected chi connectivity index (χ4v) is 5.35. The highest BCUT2D eigenvalue weighted by molar-refractivity contribution is 7.89. The second-order valence-electron chi connectivity index (χ2n) is 8.35. The molecule has 3 aromatic rings. The van der Waals surface area contributed by atoms with Crippen molar-refractivity contribution in [2.24, 2.45) is 7.05 Å². The molecular weight excluding hydrogens is 489 g/mol. The minimum Gasteiger partial charge on any atom is -0.361 e. The summed E-state index contributed by atoms with van der Waals surface area (Å²) < 4.78 is 67.9. The number of nitrogens with zero attached hydrogens (tertiary/aromatic N) is 4. The number of hydrogen-bond acceptors (Lipinski definition) is 4. The van der Waals surface area contributed by atoms with Crippen molar-refractivity contribution in [1.82, 2.24) is 13.9 Å². The fraction of sp³-hybridized carbons (Fsp3) is 0.348. The number of rotatable bonds is 6. The third kappa shape index (κ3) is 5.24. The van der Waals surface area contributed by atoms with Crippen LogP contribution >= 0.6 is 11.6 Å². The number of hydrogen-bond donors (Lipinski definition) is 0. The molecule has 0 saturated carbocycles. The summed E-state index contributed by atoms with van der Waals surface area (Å²) >= 11 is 6.26. The van der Waals surface area contributed by atoms with Crippen LogP contribution in [0.15, 0.2) is 61.1 Å². The van der Waals surface area contributed by atoms with Crippen LogP contribution in [0, 0.1) is 0 Å². The predicted molar refractivity (Wildman–Crippen MR) is 125 cm³/mol. The molecule has 1 aliphatic rings. The maximum Gasteiger partial charge on any atom is 0.511 e. The van der Waals surface area contributed by atoms with Gasteiger partial charge >= 0.3 is 15.5 Å². The molecule has 0 fully saturated rings. The van der Waals surface area contributed by atoms with Crippen LogP contribution < -0.4 is 4.90 Å². The van der Waals surface area contributed by atoms with Crippen LogP contribution in [0.5, 0.6) is 0 Å². The Balaban J connectivity index is 1.77. The molecule has 0 amide bonds. The number of aryl methyl sites for hydroxylation is 2. The van der Waals surface area contributed by atoms with E-state index in [9.17, 15) is 21.6 Å². The molecule has 0 aliphatic carbocycles. The Bertz CT molecular complexity index is 1250. The Morgan fingerprint density at radius 3 is 2.53 bits per heavy atom.